The first-order valence-corrected chi connectivity index (χ1v) is 9.45. The number of Topliss-reactive ketones (excluding diaryl/α,β-unsaturated/α-hetero) is 1. The first kappa shape index (κ1) is 19.8. The SMILES string of the molecule is CCc1ccc(C2C(C(=O)c3ccc(C)cc3)=C(O)C(=O)N2CC(C)O)cc1. The molecule has 5 nitrogen and oxygen atoms in total. The minimum atomic E-state index is -0.789. The Hall–Kier alpha value is -2.92. The van der Waals surface area contributed by atoms with Crippen molar-refractivity contribution in [3.63, 3.8) is 0 Å². The molecule has 1 aliphatic heterocycles. The molecule has 2 atom stereocenters. The van der Waals surface area contributed by atoms with Crippen LogP contribution in [0.2, 0.25) is 0 Å². The van der Waals surface area contributed by atoms with Crippen LogP contribution in [-0.2, 0) is 11.2 Å². The van der Waals surface area contributed by atoms with Crippen LogP contribution in [0.15, 0.2) is 59.9 Å². The lowest BCUT2D eigenvalue weighted by Crippen LogP contribution is -2.36. The molecular weight excluding hydrogens is 354 g/mol. The molecule has 2 aromatic carbocycles. The molecule has 28 heavy (non-hydrogen) atoms. The molecule has 2 aromatic rings. The van der Waals surface area contributed by atoms with Crippen LogP contribution in [0.5, 0.6) is 0 Å². The van der Waals surface area contributed by atoms with Gasteiger partial charge in [-0.2, -0.15) is 0 Å². The Morgan fingerprint density at radius 1 is 1.11 bits per heavy atom. The molecule has 1 heterocycles. The van der Waals surface area contributed by atoms with E-state index in [0.717, 1.165) is 23.1 Å². The van der Waals surface area contributed by atoms with Crippen molar-refractivity contribution in [2.24, 2.45) is 0 Å². The van der Waals surface area contributed by atoms with Crippen LogP contribution >= 0.6 is 0 Å². The summed E-state index contributed by atoms with van der Waals surface area (Å²) < 4.78 is 0. The Labute approximate surface area is 164 Å². The van der Waals surface area contributed by atoms with Crippen LogP contribution in [0.4, 0.5) is 0 Å². The number of hydrogen-bond acceptors (Lipinski definition) is 4. The van der Waals surface area contributed by atoms with E-state index in [9.17, 15) is 19.8 Å². The summed E-state index contributed by atoms with van der Waals surface area (Å²) in [6.07, 6.45) is 0.0836. The minimum Gasteiger partial charge on any atom is -0.503 e. The molecule has 0 bridgehead atoms. The second-order valence-electron chi connectivity index (χ2n) is 7.26. The first-order chi connectivity index (χ1) is 13.3. The molecule has 1 aliphatic rings. The number of nitrogens with zero attached hydrogens (tertiary/aromatic N) is 1. The normalized spacial score (nSPS) is 17.9. The summed E-state index contributed by atoms with van der Waals surface area (Å²) in [5, 5.41) is 20.4. The summed E-state index contributed by atoms with van der Waals surface area (Å²) in [5.41, 5.74) is 3.34. The molecule has 0 radical (unpaired) electrons. The highest BCUT2D eigenvalue weighted by atomic mass is 16.3. The van der Waals surface area contributed by atoms with Crippen molar-refractivity contribution in [2.75, 3.05) is 6.54 Å². The van der Waals surface area contributed by atoms with Gasteiger partial charge < -0.3 is 15.1 Å². The largest absolute Gasteiger partial charge is 0.503 e. The van der Waals surface area contributed by atoms with Crippen LogP contribution < -0.4 is 0 Å². The number of carbonyl (C=O) groups excluding carboxylic acids is 2. The fraction of sp³-hybridized carbons (Fsp3) is 0.304. The van der Waals surface area contributed by atoms with E-state index < -0.39 is 23.8 Å². The van der Waals surface area contributed by atoms with Gasteiger partial charge in [0.2, 0.25) is 0 Å². The molecule has 0 fully saturated rings. The second-order valence-corrected chi connectivity index (χ2v) is 7.26. The van der Waals surface area contributed by atoms with Gasteiger partial charge >= 0.3 is 0 Å². The van der Waals surface area contributed by atoms with Crippen molar-refractivity contribution in [1.29, 1.82) is 0 Å². The highest BCUT2D eigenvalue weighted by Gasteiger charge is 2.43. The van der Waals surface area contributed by atoms with Gasteiger partial charge in [0, 0.05) is 12.1 Å². The molecule has 0 saturated heterocycles. The predicted octanol–water partition coefficient (Wildman–Crippen LogP) is 3.52. The van der Waals surface area contributed by atoms with Gasteiger partial charge in [-0.15, -0.1) is 0 Å². The summed E-state index contributed by atoms with van der Waals surface area (Å²) in [7, 11) is 0. The van der Waals surface area contributed by atoms with Crippen molar-refractivity contribution in [3.05, 3.63) is 82.1 Å². The van der Waals surface area contributed by atoms with Crippen molar-refractivity contribution < 1.29 is 19.8 Å². The topological polar surface area (TPSA) is 77.8 Å². The van der Waals surface area contributed by atoms with E-state index in [1.54, 1.807) is 19.1 Å². The Bertz CT molecular complexity index is 911. The maximum absolute atomic E-state index is 13.2. The third-order valence-corrected chi connectivity index (χ3v) is 5.03. The van der Waals surface area contributed by atoms with Crippen LogP contribution in [0.3, 0.4) is 0 Å². The average Bonchev–Trinajstić information content (AvgIpc) is 2.92. The number of carbonyl (C=O) groups is 2. The van der Waals surface area contributed by atoms with Gasteiger partial charge in [0.1, 0.15) is 0 Å². The smallest absolute Gasteiger partial charge is 0.290 e. The van der Waals surface area contributed by atoms with Gasteiger partial charge in [0.25, 0.3) is 5.91 Å². The summed E-state index contributed by atoms with van der Waals surface area (Å²) >= 11 is 0. The monoisotopic (exact) mass is 379 g/mol. The van der Waals surface area contributed by atoms with E-state index in [4.69, 9.17) is 0 Å². The summed E-state index contributed by atoms with van der Waals surface area (Å²) in [5.74, 6) is -1.57. The van der Waals surface area contributed by atoms with Gasteiger partial charge in [0.15, 0.2) is 11.5 Å². The number of aliphatic hydroxyl groups is 2. The summed E-state index contributed by atoms with van der Waals surface area (Å²) in [4.78, 5) is 27.3. The maximum Gasteiger partial charge on any atom is 0.290 e. The first-order valence-electron chi connectivity index (χ1n) is 9.45. The lowest BCUT2D eigenvalue weighted by atomic mass is 9.92. The number of β-amino-alcohol motifs (C(OH)–C–C–N with tert-alkyl or cyclic N) is 1. The maximum atomic E-state index is 13.2. The number of amides is 1. The van der Waals surface area contributed by atoms with Crippen molar-refractivity contribution in [3.8, 4) is 0 Å². The standard InChI is InChI=1S/C23H25NO4/c1-4-16-7-11-17(12-8-16)20-19(21(26)18-9-5-14(2)6-10-18)22(27)23(28)24(20)13-15(3)25/h5-12,15,20,25,27H,4,13H2,1-3H3. The number of benzene rings is 2. The minimum absolute atomic E-state index is 0.0216. The number of rotatable bonds is 6. The lowest BCUT2D eigenvalue weighted by molar-refractivity contribution is -0.130. The van der Waals surface area contributed by atoms with Crippen LogP contribution in [-0.4, -0.2) is 39.5 Å². The van der Waals surface area contributed by atoms with E-state index >= 15 is 0 Å². The zero-order valence-electron chi connectivity index (χ0n) is 16.3. The molecule has 5 heteroatoms. The molecule has 0 saturated carbocycles. The lowest BCUT2D eigenvalue weighted by Gasteiger charge is -2.28. The summed E-state index contributed by atoms with van der Waals surface area (Å²) in [6.45, 7) is 5.56. The number of aryl methyl sites for hydroxylation is 2. The Morgan fingerprint density at radius 2 is 1.71 bits per heavy atom. The number of ketones is 1. The average molecular weight is 379 g/mol. The molecular formula is C23H25NO4. The fourth-order valence-electron chi connectivity index (χ4n) is 3.50. The van der Waals surface area contributed by atoms with Gasteiger partial charge in [-0.3, -0.25) is 9.59 Å². The number of hydrogen-bond donors (Lipinski definition) is 2. The van der Waals surface area contributed by atoms with Gasteiger partial charge in [-0.05, 0) is 31.4 Å². The molecule has 0 aliphatic carbocycles. The molecule has 0 spiro atoms. The summed E-state index contributed by atoms with van der Waals surface area (Å²) in [6, 6.07) is 13.9. The van der Waals surface area contributed by atoms with E-state index in [0.29, 0.717) is 5.56 Å². The van der Waals surface area contributed by atoms with Gasteiger partial charge in [0.05, 0.1) is 17.7 Å². The Balaban J connectivity index is 2.08. The molecule has 0 aromatic heterocycles. The third kappa shape index (κ3) is 3.71. The highest BCUT2D eigenvalue weighted by molar-refractivity contribution is 6.16. The van der Waals surface area contributed by atoms with E-state index in [2.05, 4.69) is 0 Å². The molecule has 146 valence electrons. The van der Waals surface area contributed by atoms with E-state index in [1.807, 2.05) is 50.2 Å². The molecule has 3 rings (SSSR count). The predicted molar refractivity (Wildman–Crippen MR) is 107 cm³/mol. The van der Waals surface area contributed by atoms with Crippen molar-refractivity contribution in [1.82, 2.24) is 4.90 Å². The van der Waals surface area contributed by atoms with Crippen molar-refractivity contribution in [2.45, 2.75) is 39.3 Å². The zero-order chi connectivity index (χ0) is 20.4. The van der Waals surface area contributed by atoms with Crippen LogP contribution in [0.25, 0.3) is 0 Å². The Morgan fingerprint density at radius 3 is 2.25 bits per heavy atom. The van der Waals surface area contributed by atoms with Crippen LogP contribution in [0.1, 0.15) is 46.9 Å². The second kappa shape index (κ2) is 7.98. The third-order valence-electron chi connectivity index (χ3n) is 5.03. The quantitative estimate of drug-likeness (QED) is 0.753. The molecule has 2 N–H and O–H groups in total. The fourth-order valence-corrected chi connectivity index (χ4v) is 3.50. The Kier molecular flexibility index (Phi) is 5.66. The van der Waals surface area contributed by atoms with Gasteiger partial charge in [-0.25, -0.2) is 0 Å². The highest BCUT2D eigenvalue weighted by Crippen LogP contribution is 2.39. The zero-order valence-corrected chi connectivity index (χ0v) is 16.3. The molecule has 2 unspecified atom stereocenters. The van der Waals surface area contributed by atoms with Crippen molar-refractivity contribution >= 4 is 11.7 Å². The van der Waals surface area contributed by atoms with E-state index in [1.165, 1.54) is 4.90 Å². The van der Waals surface area contributed by atoms with Crippen LogP contribution in [0, 0.1) is 6.92 Å². The molecule has 1 amide bonds. The van der Waals surface area contributed by atoms with Gasteiger partial charge in [-0.1, -0.05) is 61.0 Å². The number of aliphatic hydroxyl groups excluding tert-OH is 2. The van der Waals surface area contributed by atoms with E-state index in [-0.39, 0.29) is 17.9 Å².